The van der Waals surface area contributed by atoms with Gasteiger partial charge in [-0.05, 0) is 29.8 Å². The Morgan fingerprint density at radius 3 is 2.59 bits per heavy atom. The molecule has 88 valence electrons. The van der Waals surface area contributed by atoms with E-state index in [9.17, 15) is 4.79 Å². The molecule has 17 heavy (non-hydrogen) atoms. The summed E-state index contributed by atoms with van der Waals surface area (Å²) in [6, 6.07) is 11.1. The number of furan rings is 1. The number of benzene rings is 1. The Hall–Kier alpha value is -2.23. The number of rotatable bonds is 5. The van der Waals surface area contributed by atoms with Gasteiger partial charge >= 0.3 is 5.97 Å². The molecule has 4 heteroatoms. The van der Waals surface area contributed by atoms with Crippen LogP contribution in [0.1, 0.15) is 11.3 Å². The minimum Gasteiger partial charge on any atom is -0.481 e. The first-order valence-corrected chi connectivity index (χ1v) is 5.31. The van der Waals surface area contributed by atoms with Crippen LogP contribution in [0.3, 0.4) is 0 Å². The van der Waals surface area contributed by atoms with Crippen LogP contribution in [0.25, 0.3) is 0 Å². The molecule has 0 atom stereocenters. The molecule has 0 saturated heterocycles. The molecule has 0 amide bonds. The van der Waals surface area contributed by atoms with Crippen LogP contribution in [0, 0.1) is 0 Å². The average molecular weight is 231 g/mol. The number of carboxylic acids is 1. The van der Waals surface area contributed by atoms with Gasteiger partial charge in [0.2, 0.25) is 0 Å². The largest absolute Gasteiger partial charge is 0.481 e. The molecule has 0 saturated carbocycles. The quantitative estimate of drug-likeness (QED) is 0.830. The maximum absolute atomic E-state index is 10.5. The number of hydrogen-bond acceptors (Lipinski definition) is 3. The van der Waals surface area contributed by atoms with Crippen LogP contribution in [-0.4, -0.2) is 11.1 Å². The number of anilines is 1. The van der Waals surface area contributed by atoms with Crippen LogP contribution >= 0.6 is 0 Å². The highest BCUT2D eigenvalue weighted by Gasteiger charge is 2.00. The van der Waals surface area contributed by atoms with Gasteiger partial charge < -0.3 is 14.8 Å². The van der Waals surface area contributed by atoms with Crippen molar-refractivity contribution in [1.29, 1.82) is 0 Å². The normalized spacial score (nSPS) is 10.1. The number of hydrogen-bond donors (Lipinski definition) is 2. The highest BCUT2D eigenvalue weighted by Crippen LogP contribution is 2.12. The van der Waals surface area contributed by atoms with Crippen molar-refractivity contribution in [3.05, 3.63) is 54.0 Å². The lowest BCUT2D eigenvalue weighted by Crippen LogP contribution is -2.01. The van der Waals surface area contributed by atoms with Crippen molar-refractivity contribution in [2.75, 3.05) is 5.32 Å². The average Bonchev–Trinajstić information content (AvgIpc) is 2.80. The van der Waals surface area contributed by atoms with E-state index in [0.717, 1.165) is 17.0 Å². The van der Waals surface area contributed by atoms with Crippen LogP contribution in [0.15, 0.2) is 47.1 Å². The first kappa shape index (κ1) is 11.3. The van der Waals surface area contributed by atoms with Gasteiger partial charge in [-0.25, -0.2) is 0 Å². The number of carboxylic acid groups (broad SMARTS) is 1. The Morgan fingerprint density at radius 1 is 1.24 bits per heavy atom. The Labute approximate surface area is 98.9 Å². The van der Waals surface area contributed by atoms with E-state index in [1.807, 2.05) is 24.3 Å². The van der Waals surface area contributed by atoms with Gasteiger partial charge in [-0.15, -0.1) is 0 Å². The highest BCUT2D eigenvalue weighted by atomic mass is 16.4. The fourth-order valence-corrected chi connectivity index (χ4v) is 1.52. The molecule has 0 radical (unpaired) electrons. The van der Waals surface area contributed by atoms with Crippen LogP contribution in [0.2, 0.25) is 0 Å². The molecule has 0 spiro atoms. The fraction of sp³-hybridized carbons (Fsp3) is 0.154. The van der Waals surface area contributed by atoms with Gasteiger partial charge in [-0.2, -0.15) is 0 Å². The van der Waals surface area contributed by atoms with Crippen molar-refractivity contribution in [3.8, 4) is 0 Å². The lowest BCUT2D eigenvalue weighted by Gasteiger charge is -2.05. The van der Waals surface area contributed by atoms with Crippen LogP contribution in [0.4, 0.5) is 5.69 Å². The first-order valence-electron chi connectivity index (χ1n) is 5.31. The first-order chi connectivity index (χ1) is 8.24. The molecule has 0 aliphatic carbocycles. The second kappa shape index (κ2) is 5.21. The molecular formula is C13H13NO3. The van der Waals surface area contributed by atoms with Gasteiger partial charge in [-0.1, -0.05) is 12.1 Å². The molecular weight excluding hydrogens is 218 g/mol. The van der Waals surface area contributed by atoms with E-state index in [0.29, 0.717) is 6.54 Å². The Kier molecular flexibility index (Phi) is 3.45. The van der Waals surface area contributed by atoms with Crippen molar-refractivity contribution >= 4 is 11.7 Å². The van der Waals surface area contributed by atoms with E-state index in [4.69, 9.17) is 9.52 Å². The van der Waals surface area contributed by atoms with Crippen LogP contribution in [0.5, 0.6) is 0 Å². The SMILES string of the molecule is O=C(O)Cc1ccc(NCc2ccco2)cc1. The minimum absolute atomic E-state index is 0.0540. The summed E-state index contributed by atoms with van der Waals surface area (Å²) in [4.78, 5) is 10.5. The van der Waals surface area contributed by atoms with E-state index in [-0.39, 0.29) is 6.42 Å². The van der Waals surface area contributed by atoms with Crippen molar-refractivity contribution in [3.63, 3.8) is 0 Å². The van der Waals surface area contributed by atoms with Gasteiger partial charge in [0.05, 0.1) is 19.2 Å². The second-order valence-corrected chi connectivity index (χ2v) is 3.70. The number of carbonyl (C=O) groups is 1. The van der Waals surface area contributed by atoms with E-state index in [2.05, 4.69) is 5.32 Å². The van der Waals surface area contributed by atoms with E-state index in [1.54, 1.807) is 18.4 Å². The zero-order valence-corrected chi connectivity index (χ0v) is 9.22. The van der Waals surface area contributed by atoms with Gasteiger partial charge in [-0.3, -0.25) is 4.79 Å². The van der Waals surface area contributed by atoms with E-state index < -0.39 is 5.97 Å². The van der Waals surface area contributed by atoms with Gasteiger partial charge in [0.15, 0.2) is 0 Å². The van der Waals surface area contributed by atoms with E-state index >= 15 is 0 Å². The van der Waals surface area contributed by atoms with Crippen LogP contribution < -0.4 is 5.32 Å². The van der Waals surface area contributed by atoms with Crippen LogP contribution in [-0.2, 0) is 17.8 Å². The summed E-state index contributed by atoms with van der Waals surface area (Å²) in [5.41, 5.74) is 1.73. The Bertz CT molecular complexity index is 474. The van der Waals surface area contributed by atoms with Crippen molar-refractivity contribution in [1.82, 2.24) is 0 Å². The molecule has 1 heterocycles. The molecule has 2 aromatic rings. The predicted octanol–water partition coefficient (Wildman–Crippen LogP) is 2.52. The third-order valence-electron chi connectivity index (χ3n) is 2.36. The third kappa shape index (κ3) is 3.38. The number of aliphatic carboxylic acids is 1. The monoisotopic (exact) mass is 231 g/mol. The summed E-state index contributed by atoms with van der Waals surface area (Å²) in [5.74, 6) is 0.0425. The van der Waals surface area contributed by atoms with Gasteiger partial charge in [0, 0.05) is 5.69 Å². The summed E-state index contributed by atoms with van der Waals surface area (Å²) < 4.78 is 5.19. The summed E-state index contributed by atoms with van der Waals surface area (Å²) in [7, 11) is 0. The second-order valence-electron chi connectivity index (χ2n) is 3.70. The molecule has 0 unspecified atom stereocenters. The molecule has 0 aliphatic heterocycles. The minimum atomic E-state index is -0.818. The lowest BCUT2D eigenvalue weighted by molar-refractivity contribution is -0.136. The smallest absolute Gasteiger partial charge is 0.307 e. The molecule has 2 N–H and O–H groups in total. The lowest BCUT2D eigenvalue weighted by atomic mass is 10.1. The maximum atomic E-state index is 10.5. The third-order valence-corrected chi connectivity index (χ3v) is 2.36. The number of nitrogens with one attached hydrogen (secondary N) is 1. The molecule has 0 fully saturated rings. The molecule has 4 nitrogen and oxygen atoms in total. The standard InChI is InChI=1S/C13H13NO3/c15-13(16)8-10-3-5-11(6-4-10)14-9-12-2-1-7-17-12/h1-7,14H,8-9H2,(H,15,16). The topological polar surface area (TPSA) is 62.5 Å². The molecule has 2 rings (SSSR count). The van der Waals surface area contributed by atoms with Crippen molar-refractivity contribution < 1.29 is 14.3 Å². The molecule has 0 bridgehead atoms. The molecule has 1 aromatic carbocycles. The fourth-order valence-electron chi connectivity index (χ4n) is 1.52. The summed E-state index contributed by atoms with van der Waals surface area (Å²) in [5, 5.41) is 11.8. The maximum Gasteiger partial charge on any atom is 0.307 e. The zero-order chi connectivity index (χ0) is 12.1. The summed E-state index contributed by atoms with van der Waals surface area (Å²) in [6.45, 7) is 0.616. The Morgan fingerprint density at radius 2 is 2.00 bits per heavy atom. The van der Waals surface area contributed by atoms with Crippen molar-refractivity contribution in [2.45, 2.75) is 13.0 Å². The predicted molar refractivity (Wildman–Crippen MR) is 63.8 cm³/mol. The van der Waals surface area contributed by atoms with Gasteiger partial charge in [0.25, 0.3) is 0 Å². The van der Waals surface area contributed by atoms with Crippen molar-refractivity contribution in [2.24, 2.45) is 0 Å². The zero-order valence-electron chi connectivity index (χ0n) is 9.22. The molecule has 1 aromatic heterocycles. The summed E-state index contributed by atoms with van der Waals surface area (Å²) in [6.07, 6.45) is 1.69. The molecule has 0 aliphatic rings. The van der Waals surface area contributed by atoms with Gasteiger partial charge in [0.1, 0.15) is 5.76 Å². The van der Waals surface area contributed by atoms with E-state index in [1.165, 1.54) is 0 Å². The Balaban J connectivity index is 1.91. The highest BCUT2D eigenvalue weighted by molar-refractivity contribution is 5.70. The summed E-state index contributed by atoms with van der Waals surface area (Å²) >= 11 is 0.